The highest BCUT2D eigenvalue weighted by molar-refractivity contribution is 7.14. The lowest BCUT2D eigenvalue weighted by atomic mass is 10.0. The number of nitriles is 1. The van der Waals surface area contributed by atoms with E-state index in [-0.39, 0.29) is 5.57 Å². The molecule has 0 radical (unpaired) electrons. The summed E-state index contributed by atoms with van der Waals surface area (Å²) in [6.45, 7) is 4.07. The molecule has 0 atom stereocenters. The molecule has 4 nitrogen and oxygen atoms in total. The lowest BCUT2D eigenvalue weighted by Crippen LogP contribution is -2.13. The maximum atomic E-state index is 12.3. The van der Waals surface area contributed by atoms with Crippen LogP contribution in [0.4, 0.5) is 5.13 Å². The van der Waals surface area contributed by atoms with Gasteiger partial charge in [-0.25, -0.2) is 4.98 Å². The van der Waals surface area contributed by atoms with E-state index in [4.69, 9.17) is 0 Å². The zero-order valence-corrected chi connectivity index (χ0v) is 15.4. The Kier molecular flexibility index (Phi) is 5.08. The summed E-state index contributed by atoms with van der Waals surface area (Å²) in [4.78, 5) is 16.8. The van der Waals surface area contributed by atoms with E-state index in [0.29, 0.717) is 5.13 Å². The Bertz CT molecular complexity index is 979. The third-order valence-electron chi connectivity index (χ3n) is 3.61. The second-order valence-electron chi connectivity index (χ2n) is 5.54. The first-order chi connectivity index (χ1) is 12.1. The third-order valence-corrected chi connectivity index (χ3v) is 5.07. The second kappa shape index (κ2) is 7.43. The molecule has 124 valence electrons. The van der Waals surface area contributed by atoms with Crippen molar-refractivity contribution in [3.05, 3.63) is 62.7 Å². The first-order valence-electron chi connectivity index (χ1n) is 7.55. The molecule has 0 aliphatic heterocycles. The number of carbonyl (C=O) groups excluding carboxylic acids is 1. The topological polar surface area (TPSA) is 65.8 Å². The molecule has 1 amide bonds. The molecular formula is C19H15N3OS2. The van der Waals surface area contributed by atoms with Crippen LogP contribution in [0, 0.1) is 25.2 Å². The van der Waals surface area contributed by atoms with Crippen molar-refractivity contribution in [2.45, 2.75) is 13.8 Å². The van der Waals surface area contributed by atoms with Gasteiger partial charge in [-0.3, -0.25) is 10.1 Å². The molecule has 25 heavy (non-hydrogen) atoms. The van der Waals surface area contributed by atoms with Crippen molar-refractivity contribution in [2.24, 2.45) is 0 Å². The van der Waals surface area contributed by atoms with Crippen LogP contribution in [0.1, 0.15) is 16.7 Å². The first kappa shape index (κ1) is 17.1. The number of nitrogens with zero attached hydrogens (tertiary/aromatic N) is 2. The van der Waals surface area contributed by atoms with Crippen LogP contribution in [-0.2, 0) is 4.79 Å². The normalized spacial score (nSPS) is 11.2. The summed E-state index contributed by atoms with van der Waals surface area (Å²) >= 11 is 2.86. The van der Waals surface area contributed by atoms with Crippen LogP contribution in [-0.4, -0.2) is 10.9 Å². The quantitative estimate of drug-likeness (QED) is 0.521. The highest BCUT2D eigenvalue weighted by Gasteiger charge is 2.13. The van der Waals surface area contributed by atoms with E-state index < -0.39 is 5.91 Å². The Morgan fingerprint density at radius 2 is 2.12 bits per heavy atom. The van der Waals surface area contributed by atoms with Crippen molar-refractivity contribution < 1.29 is 4.79 Å². The van der Waals surface area contributed by atoms with Gasteiger partial charge in [0.05, 0.1) is 5.69 Å². The molecule has 0 spiro atoms. The number of amides is 1. The fourth-order valence-corrected chi connectivity index (χ4v) is 3.63. The van der Waals surface area contributed by atoms with Crippen LogP contribution in [0.5, 0.6) is 0 Å². The van der Waals surface area contributed by atoms with E-state index in [1.807, 2.05) is 42.1 Å². The average molecular weight is 365 g/mol. The highest BCUT2D eigenvalue weighted by Crippen LogP contribution is 2.28. The maximum absolute atomic E-state index is 12.3. The third kappa shape index (κ3) is 4.02. The molecular weight excluding hydrogens is 350 g/mol. The lowest BCUT2D eigenvalue weighted by Gasteiger charge is -2.04. The van der Waals surface area contributed by atoms with E-state index in [9.17, 15) is 10.1 Å². The lowest BCUT2D eigenvalue weighted by molar-refractivity contribution is -0.112. The zero-order valence-electron chi connectivity index (χ0n) is 13.7. The minimum absolute atomic E-state index is 0.0573. The Morgan fingerprint density at radius 1 is 1.28 bits per heavy atom. The Morgan fingerprint density at radius 3 is 2.84 bits per heavy atom. The molecule has 0 aliphatic rings. The number of aromatic nitrogens is 1. The summed E-state index contributed by atoms with van der Waals surface area (Å²) in [7, 11) is 0. The zero-order chi connectivity index (χ0) is 17.8. The first-order valence-corrected chi connectivity index (χ1v) is 9.37. The molecule has 3 rings (SSSR count). The Labute approximate surface area is 154 Å². The van der Waals surface area contributed by atoms with Crippen LogP contribution < -0.4 is 5.32 Å². The van der Waals surface area contributed by atoms with Gasteiger partial charge in [-0.05, 0) is 53.9 Å². The molecule has 1 aromatic carbocycles. The summed E-state index contributed by atoms with van der Waals surface area (Å²) in [5.74, 6) is -0.449. The predicted octanol–water partition coefficient (Wildman–Crippen LogP) is 5.03. The summed E-state index contributed by atoms with van der Waals surface area (Å²) in [5.41, 5.74) is 5.05. The molecule has 0 fully saturated rings. The van der Waals surface area contributed by atoms with Crippen LogP contribution >= 0.6 is 22.7 Å². The summed E-state index contributed by atoms with van der Waals surface area (Å²) in [5, 5.41) is 18.1. The summed E-state index contributed by atoms with van der Waals surface area (Å²) < 4.78 is 0. The standard InChI is InChI=1S/C19H15N3OS2/c1-12-3-4-13(2)16(7-12)17-11-25-19(21-17)22-18(23)15(9-20)8-14-5-6-24-10-14/h3-8,10-11H,1-2H3,(H,21,22,23)/b15-8+. The Balaban J connectivity index is 1.80. The molecule has 2 heterocycles. The predicted molar refractivity (Wildman–Crippen MR) is 104 cm³/mol. The molecule has 6 heteroatoms. The molecule has 1 N–H and O–H groups in total. The van der Waals surface area contributed by atoms with Gasteiger partial charge in [-0.1, -0.05) is 17.7 Å². The van der Waals surface area contributed by atoms with Gasteiger partial charge < -0.3 is 0 Å². The van der Waals surface area contributed by atoms with Crippen LogP contribution in [0.15, 0.2) is 46.0 Å². The molecule has 3 aromatic rings. The largest absolute Gasteiger partial charge is 0.297 e. The van der Waals surface area contributed by atoms with Gasteiger partial charge in [-0.2, -0.15) is 16.6 Å². The van der Waals surface area contributed by atoms with Crippen molar-refractivity contribution in [2.75, 3.05) is 5.32 Å². The number of thiophene rings is 1. The number of anilines is 1. The van der Waals surface area contributed by atoms with E-state index in [1.54, 1.807) is 6.08 Å². The maximum Gasteiger partial charge on any atom is 0.268 e. The number of hydrogen-bond donors (Lipinski definition) is 1. The van der Waals surface area contributed by atoms with Crippen molar-refractivity contribution in [3.8, 4) is 17.3 Å². The van der Waals surface area contributed by atoms with Crippen LogP contribution in [0.25, 0.3) is 17.3 Å². The summed E-state index contributed by atoms with van der Waals surface area (Å²) in [6, 6.07) is 9.99. The smallest absolute Gasteiger partial charge is 0.268 e. The monoisotopic (exact) mass is 365 g/mol. The minimum Gasteiger partial charge on any atom is -0.297 e. The Hall–Kier alpha value is -2.75. The minimum atomic E-state index is -0.449. The molecule has 0 saturated heterocycles. The van der Waals surface area contributed by atoms with Crippen molar-refractivity contribution in [3.63, 3.8) is 0 Å². The van der Waals surface area contributed by atoms with Crippen LogP contribution in [0.3, 0.4) is 0 Å². The molecule has 0 saturated carbocycles. The van der Waals surface area contributed by atoms with E-state index in [1.165, 1.54) is 22.7 Å². The number of aryl methyl sites for hydroxylation is 2. The van der Waals surface area contributed by atoms with Gasteiger partial charge in [0.1, 0.15) is 11.6 Å². The number of thiazole rings is 1. The molecule has 2 aromatic heterocycles. The molecule has 0 aliphatic carbocycles. The van der Waals surface area contributed by atoms with E-state index in [2.05, 4.69) is 28.5 Å². The van der Waals surface area contributed by atoms with Gasteiger partial charge in [0.2, 0.25) is 0 Å². The molecule has 0 bridgehead atoms. The highest BCUT2D eigenvalue weighted by atomic mass is 32.1. The van der Waals surface area contributed by atoms with Gasteiger partial charge in [0.25, 0.3) is 5.91 Å². The fourth-order valence-electron chi connectivity index (χ4n) is 2.30. The van der Waals surface area contributed by atoms with E-state index in [0.717, 1.165) is 27.9 Å². The summed E-state index contributed by atoms with van der Waals surface area (Å²) in [6.07, 6.45) is 1.57. The van der Waals surface area contributed by atoms with Gasteiger partial charge in [-0.15, -0.1) is 11.3 Å². The fraction of sp³-hybridized carbons (Fsp3) is 0.105. The number of carbonyl (C=O) groups is 1. The average Bonchev–Trinajstić information content (AvgIpc) is 3.26. The SMILES string of the molecule is Cc1ccc(C)c(-c2csc(NC(=O)/C(C#N)=C/c3ccsc3)n2)c1. The number of benzene rings is 1. The van der Waals surface area contributed by atoms with Gasteiger partial charge in [0, 0.05) is 10.9 Å². The van der Waals surface area contributed by atoms with E-state index >= 15 is 0 Å². The number of hydrogen-bond acceptors (Lipinski definition) is 5. The molecule has 0 unspecified atom stereocenters. The van der Waals surface area contributed by atoms with Crippen LogP contribution in [0.2, 0.25) is 0 Å². The van der Waals surface area contributed by atoms with Gasteiger partial charge in [0.15, 0.2) is 5.13 Å². The number of rotatable bonds is 4. The van der Waals surface area contributed by atoms with Crippen molar-refractivity contribution in [1.82, 2.24) is 4.98 Å². The van der Waals surface area contributed by atoms with Crippen molar-refractivity contribution in [1.29, 1.82) is 5.26 Å². The number of nitrogens with one attached hydrogen (secondary N) is 1. The van der Waals surface area contributed by atoms with Gasteiger partial charge >= 0.3 is 0 Å². The van der Waals surface area contributed by atoms with Crippen molar-refractivity contribution >= 4 is 39.8 Å². The second-order valence-corrected chi connectivity index (χ2v) is 7.18.